The zero-order chi connectivity index (χ0) is 24.5. The smallest absolute Gasteiger partial charge is 0.407 e. The summed E-state index contributed by atoms with van der Waals surface area (Å²) in [6.07, 6.45) is 1.75. The predicted molar refractivity (Wildman–Crippen MR) is 132 cm³/mol. The highest BCUT2D eigenvalue weighted by molar-refractivity contribution is 5.79. The number of methoxy groups -OCH3 is 1. The maximum Gasteiger partial charge on any atom is 0.407 e. The van der Waals surface area contributed by atoms with Gasteiger partial charge in [0.05, 0.1) is 0 Å². The van der Waals surface area contributed by atoms with Gasteiger partial charge in [0.2, 0.25) is 0 Å². The van der Waals surface area contributed by atoms with Crippen molar-refractivity contribution in [1.82, 2.24) is 10.2 Å². The Bertz CT molecular complexity index is 918. The average Bonchev–Trinajstić information content (AvgIpc) is 3.14. The van der Waals surface area contributed by atoms with Crippen LogP contribution in [0.1, 0.15) is 50.2 Å². The Morgan fingerprint density at radius 1 is 1.09 bits per heavy atom. The van der Waals surface area contributed by atoms with Crippen molar-refractivity contribution in [2.24, 2.45) is 0 Å². The minimum absolute atomic E-state index is 0.0000523. The van der Waals surface area contributed by atoms with Gasteiger partial charge in [-0.05, 0) is 48.6 Å². The second-order valence-corrected chi connectivity index (χ2v) is 8.85. The van der Waals surface area contributed by atoms with Gasteiger partial charge in [0.15, 0.2) is 0 Å². The molecule has 0 aliphatic heterocycles. The molecule has 2 aromatic rings. The zero-order valence-electron chi connectivity index (χ0n) is 20.3. The van der Waals surface area contributed by atoms with Gasteiger partial charge < -0.3 is 19.9 Å². The second-order valence-electron chi connectivity index (χ2n) is 8.85. The first-order chi connectivity index (χ1) is 16.5. The number of carboxylic acid groups (broad SMARTS) is 1. The van der Waals surface area contributed by atoms with E-state index < -0.39 is 18.1 Å². The average molecular weight is 469 g/mol. The lowest BCUT2D eigenvalue weighted by molar-refractivity contribution is -0.144. The van der Waals surface area contributed by atoms with E-state index in [9.17, 15) is 14.7 Å². The normalized spacial score (nSPS) is 14.4. The Morgan fingerprint density at radius 2 is 1.71 bits per heavy atom. The topological polar surface area (TPSA) is 88.1 Å². The van der Waals surface area contributed by atoms with Crippen LogP contribution in [0, 0.1) is 0 Å². The van der Waals surface area contributed by atoms with E-state index >= 15 is 0 Å². The first kappa shape index (κ1) is 25.7. The summed E-state index contributed by atoms with van der Waals surface area (Å²) >= 11 is 0. The molecule has 0 unspecified atom stereocenters. The SMILES string of the molecule is CCCCN(C[C@@H](C)NC(=O)OCC1c2ccccc2-c2ccccc21)[C@@H](CCOC)C(=O)O. The van der Waals surface area contributed by atoms with Crippen LogP contribution in [0.4, 0.5) is 4.79 Å². The Morgan fingerprint density at radius 3 is 2.26 bits per heavy atom. The van der Waals surface area contributed by atoms with Crippen LogP contribution in [-0.4, -0.2) is 67.6 Å². The number of fused-ring (bicyclic) bond motifs is 3. The summed E-state index contributed by atoms with van der Waals surface area (Å²) in [7, 11) is 1.57. The molecule has 0 saturated carbocycles. The third kappa shape index (κ3) is 6.36. The number of nitrogens with zero attached hydrogens (tertiary/aromatic N) is 1. The van der Waals surface area contributed by atoms with E-state index in [1.54, 1.807) is 7.11 Å². The molecular formula is C27H36N2O5. The lowest BCUT2D eigenvalue weighted by Gasteiger charge is -2.31. The minimum Gasteiger partial charge on any atom is -0.480 e. The van der Waals surface area contributed by atoms with Crippen LogP contribution < -0.4 is 5.32 Å². The molecule has 7 nitrogen and oxygen atoms in total. The number of hydrogen-bond acceptors (Lipinski definition) is 5. The molecule has 1 aliphatic rings. The van der Waals surface area contributed by atoms with E-state index in [-0.39, 0.29) is 18.6 Å². The van der Waals surface area contributed by atoms with Gasteiger partial charge in [-0.15, -0.1) is 0 Å². The molecule has 34 heavy (non-hydrogen) atoms. The van der Waals surface area contributed by atoms with Crippen LogP contribution >= 0.6 is 0 Å². The van der Waals surface area contributed by atoms with Gasteiger partial charge in [-0.3, -0.25) is 9.69 Å². The highest BCUT2D eigenvalue weighted by atomic mass is 16.5. The molecule has 0 radical (unpaired) electrons. The molecule has 0 saturated heterocycles. The van der Waals surface area contributed by atoms with E-state index in [1.807, 2.05) is 36.1 Å². The Balaban J connectivity index is 1.59. The molecular weight excluding hydrogens is 432 g/mol. The maximum atomic E-state index is 12.6. The number of rotatable bonds is 13. The van der Waals surface area contributed by atoms with Crippen LogP contribution in [0.15, 0.2) is 48.5 Å². The van der Waals surface area contributed by atoms with E-state index in [2.05, 4.69) is 36.5 Å². The molecule has 0 aromatic heterocycles. The molecule has 1 aliphatic carbocycles. The molecule has 0 bridgehead atoms. The van der Waals surface area contributed by atoms with Crippen LogP contribution in [-0.2, 0) is 14.3 Å². The number of aliphatic carboxylic acids is 1. The molecule has 2 N–H and O–H groups in total. The first-order valence-corrected chi connectivity index (χ1v) is 12.0. The van der Waals surface area contributed by atoms with E-state index in [0.717, 1.165) is 24.0 Å². The van der Waals surface area contributed by atoms with Crippen LogP contribution in [0.25, 0.3) is 11.1 Å². The number of carboxylic acids is 1. The number of carbonyl (C=O) groups is 2. The zero-order valence-corrected chi connectivity index (χ0v) is 20.3. The van der Waals surface area contributed by atoms with Gasteiger partial charge in [-0.1, -0.05) is 61.9 Å². The van der Waals surface area contributed by atoms with Crippen molar-refractivity contribution in [2.75, 3.05) is 33.4 Å². The number of alkyl carbamates (subject to hydrolysis) is 1. The van der Waals surface area contributed by atoms with Crippen molar-refractivity contribution in [3.8, 4) is 11.1 Å². The monoisotopic (exact) mass is 468 g/mol. The second kappa shape index (κ2) is 12.5. The Labute approximate surface area is 202 Å². The fourth-order valence-electron chi connectivity index (χ4n) is 4.67. The summed E-state index contributed by atoms with van der Waals surface area (Å²) in [5.41, 5.74) is 4.70. The van der Waals surface area contributed by atoms with Crippen molar-refractivity contribution in [1.29, 1.82) is 0 Å². The van der Waals surface area contributed by atoms with Crippen molar-refractivity contribution < 1.29 is 24.2 Å². The number of amides is 1. The van der Waals surface area contributed by atoms with Crippen molar-refractivity contribution in [3.05, 3.63) is 59.7 Å². The van der Waals surface area contributed by atoms with Crippen molar-refractivity contribution >= 4 is 12.1 Å². The Kier molecular flexibility index (Phi) is 9.48. The quantitative estimate of drug-likeness (QED) is 0.450. The minimum atomic E-state index is -0.874. The number of unbranched alkanes of at least 4 members (excludes halogenated alkanes) is 1. The summed E-state index contributed by atoms with van der Waals surface area (Å²) < 4.78 is 10.7. The van der Waals surface area contributed by atoms with Crippen molar-refractivity contribution in [2.45, 2.75) is 51.1 Å². The molecule has 0 spiro atoms. The third-order valence-electron chi connectivity index (χ3n) is 6.34. The van der Waals surface area contributed by atoms with Gasteiger partial charge in [-0.25, -0.2) is 4.79 Å². The van der Waals surface area contributed by atoms with E-state index in [0.29, 0.717) is 26.1 Å². The summed E-state index contributed by atoms with van der Waals surface area (Å²) in [6.45, 7) is 5.63. The molecule has 0 heterocycles. The number of ether oxygens (including phenoxy) is 2. The lowest BCUT2D eigenvalue weighted by atomic mass is 9.98. The first-order valence-electron chi connectivity index (χ1n) is 12.0. The summed E-state index contributed by atoms with van der Waals surface area (Å²) in [6, 6.07) is 15.5. The number of carbonyl (C=O) groups excluding carboxylic acids is 1. The molecule has 0 fully saturated rings. The standard InChI is InChI=1S/C27H36N2O5/c1-4-5-15-29(25(26(30)31)14-16-33-3)17-19(2)28-27(32)34-18-24-22-12-8-6-10-20(22)21-11-7-9-13-23(21)24/h6-13,19,24-25H,4-5,14-18H2,1-3H3,(H,28,32)(H,30,31)/t19-,25+/m1/s1. The van der Waals surface area contributed by atoms with Gasteiger partial charge in [0.1, 0.15) is 12.6 Å². The third-order valence-corrected chi connectivity index (χ3v) is 6.34. The Hall–Kier alpha value is -2.90. The van der Waals surface area contributed by atoms with E-state index in [4.69, 9.17) is 9.47 Å². The fraction of sp³-hybridized carbons (Fsp3) is 0.481. The molecule has 2 atom stereocenters. The molecule has 1 amide bonds. The molecule has 3 rings (SSSR count). The van der Waals surface area contributed by atoms with Gasteiger partial charge in [-0.2, -0.15) is 0 Å². The van der Waals surface area contributed by atoms with E-state index in [1.165, 1.54) is 11.1 Å². The van der Waals surface area contributed by atoms with Crippen molar-refractivity contribution in [3.63, 3.8) is 0 Å². The number of benzene rings is 2. The highest BCUT2D eigenvalue weighted by Crippen LogP contribution is 2.44. The fourth-order valence-corrected chi connectivity index (χ4v) is 4.67. The number of hydrogen-bond donors (Lipinski definition) is 2. The summed E-state index contributed by atoms with van der Waals surface area (Å²) in [5, 5.41) is 12.6. The van der Waals surface area contributed by atoms with Gasteiger partial charge in [0, 0.05) is 32.2 Å². The largest absolute Gasteiger partial charge is 0.480 e. The molecule has 184 valence electrons. The molecule has 7 heteroatoms. The predicted octanol–water partition coefficient (Wildman–Crippen LogP) is 4.51. The van der Waals surface area contributed by atoms with Gasteiger partial charge >= 0.3 is 12.1 Å². The summed E-state index contributed by atoms with van der Waals surface area (Å²) in [5.74, 6) is -0.874. The van der Waals surface area contributed by atoms with Gasteiger partial charge in [0.25, 0.3) is 0 Å². The maximum absolute atomic E-state index is 12.6. The number of nitrogens with one attached hydrogen (secondary N) is 1. The lowest BCUT2D eigenvalue weighted by Crippen LogP contribution is -2.49. The van der Waals surface area contributed by atoms with Crippen LogP contribution in [0.2, 0.25) is 0 Å². The summed E-state index contributed by atoms with van der Waals surface area (Å²) in [4.78, 5) is 26.4. The highest BCUT2D eigenvalue weighted by Gasteiger charge is 2.30. The van der Waals surface area contributed by atoms with Crippen LogP contribution in [0.3, 0.4) is 0 Å². The molecule has 2 aromatic carbocycles. The van der Waals surface area contributed by atoms with Crippen LogP contribution in [0.5, 0.6) is 0 Å².